The molecule has 0 aromatic heterocycles. The smallest absolute Gasteiger partial charge is 0.412 e. The fraction of sp³-hybridized carbons (Fsp3) is 0.364. The quantitative estimate of drug-likeness (QED) is 0.866. The number of methoxy groups -OCH3 is 1. The summed E-state index contributed by atoms with van der Waals surface area (Å²) >= 11 is 3.23. The highest BCUT2D eigenvalue weighted by atomic mass is 79.9. The molecule has 1 rings (SSSR count). The molecular formula is C11H14BrNO3. The largest absolute Gasteiger partial charge is 0.495 e. The van der Waals surface area contributed by atoms with Crippen molar-refractivity contribution in [3.63, 3.8) is 0 Å². The molecule has 16 heavy (non-hydrogen) atoms. The maximum absolute atomic E-state index is 11.4. The van der Waals surface area contributed by atoms with E-state index in [0.29, 0.717) is 16.8 Å². The lowest BCUT2D eigenvalue weighted by molar-refractivity contribution is 0.132. The second-order valence-corrected chi connectivity index (χ2v) is 3.84. The first-order chi connectivity index (χ1) is 7.67. The number of alkyl halides is 1. The first-order valence-electron chi connectivity index (χ1n) is 4.84. The number of nitrogens with one attached hydrogen (secondary N) is 1. The zero-order valence-electron chi connectivity index (χ0n) is 9.20. The second-order valence-electron chi connectivity index (χ2n) is 3.20. The minimum Gasteiger partial charge on any atom is -0.495 e. The number of hydrogen-bond acceptors (Lipinski definition) is 3. The number of halogens is 1. The van der Waals surface area contributed by atoms with Gasteiger partial charge in [-0.25, -0.2) is 4.79 Å². The van der Waals surface area contributed by atoms with Crippen molar-refractivity contribution < 1.29 is 14.3 Å². The predicted molar refractivity (Wildman–Crippen MR) is 66.4 cm³/mol. The summed E-state index contributed by atoms with van der Waals surface area (Å²) < 4.78 is 10.1. The predicted octanol–water partition coefficient (Wildman–Crippen LogP) is 3.03. The van der Waals surface area contributed by atoms with Crippen molar-refractivity contribution in [3.8, 4) is 5.75 Å². The van der Waals surface area contributed by atoms with Crippen molar-refractivity contribution in [2.75, 3.05) is 17.8 Å². The number of carbonyl (C=O) groups is 1. The Balaban J connectivity index is 2.62. The molecular weight excluding hydrogens is 274 g/mol. The molecule has 1 unspecified atom stereocenters. The second kappa shape index (κ2) is 6.37. The van der Waals surface area contributed by atoms with E-state index in [2.05, 4.69) is 21.2 Å². The molecule has 1 atom stereocenters. The van der Waals surface area contributed by atoms with Crippen LogP contribution < -0.4 is 10.1 Å². The van der Waals surface area contributed by atoms with Gasteiger partial charge >= 0.3 is 6.09 Å². The van der Waals surface area contributed by atoms with Crippen molar-refractivity contribution in [1.82, 2.24) is 0 Å². The van der Waals surface area contributed by atoms with Crippen molar-refractivity contribution in [2.45, 2.75) is 13.0 Å². The number of hydrogen-bond donors (Lipinski definition) is 1. The fourth-order valence-corrected chi connectivity index (χ4v) is 1.23. The molecule has 1 aromatic rings. The van der Waals surface area contributed by atoms with Crippen LogP contribution in [-0.2, 0) is 4.74 Å². The summed E-state index contributed by atoms with van der Waals surface area (Å²) in [5.74, 6) is 0.603. The van der Waals surface area contributed by atoms with Crippen molar-refractivity contribution in [2.24, 2.45) is 0 Å². The van der Waals surface area contributed by atoms with Crippen molar-refractivity contribution >= 4 is 27.7 Å². The highest BCUT2D eigenvalue weighted by Gasteiger charge is 2.10. The van der Waals surface area contributed by atoms with Gasteiger partial charge in [0.15, 0.2) is 0 Å². The molecule has 0 heterocycles. The topological polar surface area (TPSA) is 47.6 Å². The van der Waals surface area contributed by atoms with Crippen LogP contribution in [0.15, 0.2) is 24.3 Å². The number of amides is 1. The van der Waals surface area contributed by atoms with Gasteiger partial charge in [0.25, 0.3) is 0 Å². The number of para-hydroxylation sites is 2. The van der Waals surface area contributed by atoms with Gasteiger partial charge in [0.1, 0.15) is 11.9 Å². The van der Waals surface area contributed by atoms with Gasteiger partial charge in [-0.2, -0.15) is 0 Å². The third-order valence-corrected chi connectivity index (χ3v) is 2.78. The molecule has 4 nitrogen and oxygen atoms in total. The SMILES string of the molecule is COc1ccccc1NC(=O)OC(C)CBr. The number of carbonyl (C=O) groups excluding carboxylic acids is 1. The molecule has 0 bridgehead atoms. The molecule has 0 aliphatic carbocycles. The Morgan fingerprint density at radius 2 is 2.19 bits per heavy atom. The maximum atomic E-state index is 11.4. The number of rotatable bonds is 4. The summed E-state index contributed by atoms with van der Waals surface area (Å²) in [7, 11) is 1.55. The monoisotopic (exact) mass is 287 g/mol. The van der Waals surface area contributed by atoms with Crippen LogP contribution in [0.2, 0.25) is 0 Å². The van der Waals surface area contributed by atoms with E-state index in [1.165, 1.54) is 0 Å². The summed E-state index contributed by atoms with van der Waals surface area (Å²) in [5.41, 5.74) is 0.594. The summed E-state index contributed by atoms with van der Waals surface area (Å²) in [6.45, 7) is 1.80. The van der Waals surface area contributed by atoms with Gasteiger partial charge in [0.2, 0.25) is 0 Å². The van der Waals surface area contributed by atoms with E-state index in [0.717, 1.165) is 0 Å². The third-order valence-electron chi connectivity index (χ3n) is 1.87. The van der Waals surface area contributed by atoms with Gasteiger partial charge in [0, 0.05) is 5.33 Å². The maximum Gasteiger partial charge on any atom is 0.412 e. The molecule has 1 amide bonds. The Hall–Kier alpha value is -1.23. The summed E-state index contributed by atoms with van der Waals surface area (Å²) in [4.78, 5) is 11.4. The Morgan fingerprint density at radius 3 is 2.81 bits per heavy atom. The van der Waals surface area contributed by atoms with E-state index in [9.17, 15) is 4.79 Å². The van der Waals surface area contributed by atoms with Crippen molar-refractivity contribution in [3.05, 3.63) is 24.3 Å². The van der Waals surface area contributed by atoms with Gasteiger partial charge < -0.3 is 9.47 Å². The normalized spacial score (nSPS) is 11.7. The molecule has 0 aliphatic rings. The fourth-order valence-electron chi connectivity index (χ4n) is 1.10. The molecule has 0 spiro atoms. The molecule has 0 fully saturated rings. The number of anilines is 1. The van der Waals surface area contributed by atoms with Crippen molar-refractivity contribution in [1.29, 1.82) is 0 Å². The zero-order chi connectivity index (χ0) is 12.0. The number of ether oxygens (including phenoxy) is 2. The van der Waals surface area contributed by atoms with Crippen LogP contribution in [0.25, 0.3) is 0 Å². The molecule has 1 N–H and O–H groups in total. The molecule has 0 saturated heterocycles. The summed E-state index contributed by atoms with van der Waals surface area (Å²) in [6.07, 6.45) is -0.661. The van der Waals surface area contributed by atoms with Gasteiger partial charge in [-0.05, 0) is 19.1 Å². The molecule has 0 radical (unpaired) electrons. The van der Waals surface area contributed by atoms with Crippen LogP contribution in [0, 0.1) is 0 Å². The average molecular weight is 288 g/mol. The molecule has 0 aliphatic heterocycles. The third kappa shape index (κ3) is 3.73. The van der Waals surface area contributed by atoms with Crippen LogP contribution in [0.4, 0.5) is 10.5 Å². The van der Waals surface area contributed by atoms with E-state index in [4.69, 9.17) is 9.47 Å². The standard InChI is InChI=1S/C11H14BrNO3/c1-8(7-12)16-11(14)13-9-5-3-4-6-10(9)15-2/h3-6,8H,7H2,1-2H3,(H,13,14). The summed E-state index contributed by atoms with van der Waals surface area (Å²) in [6, 6.07) is 7.16. The van der Waals surface area contributed by atoms with E-state index >= 15 is 0 Å². The lowest BCUT2D eigenvalue weighted by atomic mass is 10.3. The Labute approximate surface area is 103 Å². The Kier molecular flexibility index (Phi) is 5.11. The highest BCUT2D eigenvalue weighted by molar-refractivity contribution is 9.09. The minimum atomic E-state index is -0.489. The highest BCUT2D eigenvalue weighted by Crippen LogP contribution is 2.23. The van der Waals surface area contributed by atoms with E-state index in [1.807, 2.05) is 12.1 Å². The van der Waals surface area contributed by atoms with Gasteiger partial charge in [-0.3, -0.25) is 5.32 Å². The first-order valence-corrected chi connectivity index (χ1v) is 5.96. The zero-order valence-corrected chi connectivity index (χ0v) is 10.8. The minimum absolute atomic E-state index is 0.172. The molecule has 88 valence electrons. The molecule has 1 aromatic carbocycles. The number of benzene rings is 1. The first kappa shape index (κ1) is 12.8. The van der Waals surface area contributed by atoms with E-state index in [1.54, 1.807) is 26.2 Å². The van der Waals surface area contributed by atoms with Gasteiger partial charge in [-0.1, -0.05) is 28.1 Å². The van der Waals surface area contributed by atoms with Gasteiger partial charge in [-0.15, -0.1) is 0 Å². The average Bonchev–Trinajstić information content (AvgIpc) is 2.29. The lowest BCUT2D eigenvalue weighted by Gasteiger charge is -2.13. The van der Waals surface area contributed by atoms with Crippen LogP contribution in [0.5, 0.6) is 5.75 Å². The Bertz CT molecular complexity index is 357. The van der Waals surface area contributed by atoms with Crippen LogP contribution in [0.1, 0.15) is 6.92 Å². The lowest BCUT2D eigenvalue weighted by Crippen LogP contribution is -2.21. The molecule has 5 heteroatoms. The van der Waals surface area contributed by atoms with Crippen LogP contribution in [0.3, 0.4) is 0 Å². The summed E-state index contributed by atoms with van der Waals surface area (Å²) in [5, 5.41) is 3.22. The van der Waals surface area contributed by atoms with Crippen LogP contribution in [-0.4, -0.2) is 24.6 Å². The van der Waals surface area contributed by atoms with Crippen LogP contribution >= 0.6 is 15.9 Å². The Morgan fingerprint density at radius 1 is 1.50 bits per heavy atom. The van der Waals surface area contributed by atoms with E-state index in [-0.39, 0.29) is 6.10 Å². The van der Waals surface area contributed by atoms with E-state index < -0.39 is 6.09 Å². The van der Waals surface area contributed by atoms with Gasteiger partial charge in [0.05, 0.1) is 12.8 Å². The molecule has 0 saturated carbocycles.